The number of benzene rings is 2. The molecule has 0 saturated carbocycles. The van der Waals surface area contributed by atoms with E-state index in [9.17, 15) is 18.0 Å². The maximum atomic E-state index is 12.7. The van der Waals surface area contributed by atoms with E-state index in [4.69, 9.17) is 0 Å². The van der Waals surface area contributed by atoms with E-state index in [-0.39, 0.29) is 12.0 Å². The predicted molar refractivity (Wildman–Crippen MR) is 83.3 cm³/mol. The van der Waals surface area contributed by atoms with Crippen LogP contribution in [0.1, 0.15) is 11.1 Å². The van der Waals surface area contributed by atoms with Gasteiger partial charge in [0.1, 0.15) is 5.82 Å². The van der Waals surface area contributed by atoms with Crippen molar-refractivity contribution in [2.75, 3.05) is 5.32 Å². The minimum absolute atomic E-state index is 0.147. The SMILES string of the molecule is O=c1cc(NCc2cccc(C(F)(F)F)c2)[nH]c2ccccc12. The minimum atomic E-state index is -4.37. The zero-order chi connectivity index (χ0) is 16.4. The molecule has 0 radical (unpaired) electrons. The van der Waals surface area contributed by atoms with Gasteiger partial charge in [0.05, 0.1) is 11.1 Å². The molecule has 0 aliphatic carbocycles. The van der Waals surface area contributed by atoms with Crippen molar-refractivity contribution in [1.29, 1.82) is 0 Å². The molecule has 23 heavy (non-hydrogen) atoms. The molecule has 0 aliphatic heterocycles. The van der Waals surface area contributed by atoms with Crippen LogP contribution < -0.4 is 10.7 Å². The van der Waals surface area contributed by atoms with Gasteiger partial charge in [0.2, 0.25) is 0 Å². The van der Waals surface area contributed by atoms with Crippen molar-refractivity contribution in [3.8, 4) is 0 Å². The third-order valence-corrected chi connectivity index (χ3v) is 3.47. The van der Waals surface area contributed by atoms with Gasteiger partial charge in [-0.05, 0) is 29.8 Å². The third-order valence-electron chi connectivity index (χ3n) is 3.47. The van der Waals surface area contributed by atoms with Gasteiger partial charge in [-0.1, -0.05) is 24.3 Å². The number of fused-ring (bicyclic) bond motifs is 1. The van der Waals surface area contributed by atoms with Gasteiger partial charge >= 0.3 is 6.18 Å². The average molecular weight is 318 g/mol. The van der Waals surface area contributed by atoms with Crippen LogP contribution in [-0.4, -0.2) is 4.98 Å². The molecule has 0 bridgehead atoms. The Morgan fingerprint density at radius 1 is 1.00 bits per heavy atom. The van der Waals surface area contributed by atoms with Crippen LogP contribution in [0.5, 0.6) is 0 Å². The molecule has 1 aromatic heterocycles. The quantitative estimate of drug-likeness (QED) is 0.761. The predicted octanol–water partition coefficient (Wildman–Crippen LogP) is 4.16. The van der Waals surface area contributed by atoms with E-state index in [1.54, 1.807) is 30.3 Å². The zero-order valence-electron chi connectivity index (χ0n) is 11.9. The largest absolute Gasteiger partial charge is 0.416 e. The minimum Gasteiger partial charge on any atom is -0.367 e. The number of alkyl halides is 3. The van der Waals surface area contributed by atoms with Gasteiger partial charge in [-0.2, -0.15) is 13.2 Å². The molecule has 6 heteroatoms. The molecule has 3 nitrogen and oxygen atoms in total. The number of rotatable bonds is 3. The molecule has 0 unspecified atom stereocenters. The first-order valence-corrected chi connectivity index (χ1v) is 6.95. The Bertz CT molecular complexity index is 900. The highest BCUT2D eigenvalue weighted by Gasteiger charge is 2.30. The number of H-pyrrole nitrogens is 1. The number of pyridine rings is 1. The van der Waals surface area contributed by atoms with Gasteiger partial charge in [-0.15, -0.1) is 0 Å². The summed E-state index contributed by atoms with van der Waals surface area (Å²) in [4.78, 5) is 15.0. The standard InChI is InChI=1S/C17H13F3N2O/c18-17(19,20)12-5-3-4-11(8-12)10-21-16-9-15(23)13-6-1-2-7-14(13)22-16/h1-9H,10H2,(H2,21,22,23). The van der Waals surface area contributed by atoms with Crippen molar-refractivity contribution in [3.05, 3.63) is 75.9 Å². The van der Waals surface area contributed by atoms with Crippen molar-refractivity contribution in [2.24, 2.45) is 0 Å². The number of aromatic nitrogens is 1. The van der Waals surface area contributed by atoms with Crippen LogP contribution in [0.2, 0.25) is 0 Å². The molecule has 2 aromatic carbocycles. The molecule has 0 amide bonds. The Morgan fingerprint density at radius 3 is 2.57 bits per heavy atom. The highest BCUT2D eigenvalue weighted by Crippen LogP contribution is 2.29. The Hall–Kier alpha value is -2.76. The van der Waals surface area contributed by atoms with Gasteiger partial charge in [0, 0.05) is 18.0 Å². The fraction of sp³-hybridized carbons (Fsp3) is 0.118. The summed E-state index contributed by atoms with van der Waals surface area (Å²) in [6.07, 6.45) is -4.37. The van der Waals surface area contributed by atoms with E-state index in [0.29, 0.717) is 22.3 Å². The number of halogens is 3. The Morgan fingerprint density at radius 2 is 1.78 bits per heavy atom. The third kappa shape index (κ3) is 3.36. The number of nitrogens with one attached hydrogen (secondary N) is 2. The monoisotopic (exact) mass is 318 g/mol. The summed E-state index contributed by atoms with van der Waals surface area (Å²) in [5.74, 6) is 0.464. The second-order valence-corrected chi connectivity index (χ2v) is 5.14. The maximum Gasteiger partial charge on any atom is 0.416 e. The highest BCUT2D eigenvalue weighted by atomic mass is 19.4. The number of hydrogen-bond donors (Lipinski definition) is 2. The van der Waals surface area contributed by atoms with Crippen molar-refractivity contribution in [1.82, 2.24) is 4.98 Å². The number of aromatic amines is 1. The van der Waals surface area contributed by atoms with E-state index in [0.717, 1.165) is 12.1 Å². The van der Waals surface area contributed by atoms with Crippen LogP contribution in [0.15, 0.2) is 59.4 Å². The molecule has 118 valence electrons. The molecule has 3 rings (SSSR count). The van der Waals surface area contributed by atoms with E-state index in [2.05, 4.69) is 10.3 Å². The lowest BCUT2D eigenvalue weighted by atomic mass is 10.1. The molecule has 2 N–H and O–H groups in total. The summed E-state index contributed by atoms with van der Waals surface area (Å²) in [6, 6.07) is 13.5. The van der Waals surface area contributed by atoms with Crippen LogP contribution in [0, 0.1) is 0 Å². The lowest BCUT2D eigenvalue weighted by molar-refractivity contribution is -0.137. The highest BCUT2D eigenvalue weighted by molar-refractivity contribution is 5.79. The van der Waals surface area contributed by atoms with E-state index >= 15 is 0 Å². The first-order valence-electron chi connectivity index (χ1n) is 6.95. The van der Waals surface area contributed by atoms with Crippen LogP contribution >= 0.6 is 0 Å². The first-order chi connectivity index (χ1) is 10.9. The molecule has 3 aromatic rings. The number of para-hydroxylation sites is 1. The van der Waals surface area contributed by atoms with E-state index in [1.165, 1.54) is 12.1 Å². The van der Waals surface area contributed by atoms with E-state index < -0.39 is 11.7 Å². The van der Waals surface area contributed by atoms with Gasteiger partial charge in [-0.3, -0.25) is 4.79 Å². The van der Waals surface area contributed by atoms with Gasteiger partial charge in [-0.25, -0.2) is 0 Å². The summed E-state index contributed by atoms with van der Waals surface area (Å²) >= 11 is 0. The van der Waals surface area contributed by atoms with Crippen LogP contribution in [0.3, 0.4) is 0 Å². The molecule has 0 aliphatic rings. The molecule has 0 atom stereocenters. The van der Waals surface area contributed by atoms with Crippen LogP contribution in [0.4, 0.5) is 19.0 Å². The molecular weight excluding hydrogens is 305 g/mol. The lowest BCUT2D eigenvalue weighted by Crippen LogP contribution is -2.09. The molecule has 0 saturated heterocycles. The molecule has 0 spiro atoms. The zero-order valence-corrected chi connectivity index (χ0v) is 11.9. The van der Waals surface area contributed by atoms with Crippen LogP contribution in [-0.2, 0) is 12.7 Å². The van der Waals surface area contributed by atoms with Gasteiger partial charge in [0.15, 0.2) is 5.43 Å². The van der Waals surface area contributed by atoms with E-state index in [1.807, 2.05) is 0 Å². The Balaban J connectivity index is 1.83. The summed E-state index contributed by atoms with van der Waals surface area (Å²) in [7, 11) is 0. The summed E-state index contributed by atoms with van der Waals surface area (Å²) in [5, 5.41) is 3.52. The molecule has 0 fully saturated rings. The smallest absolute Gasteiger partial charge is 0.367 e. The Labute approximate surface area is 129 Å². The fourth-order valence-electron chi connectivity index (χ4n) is 2.35. The van der Waals surface area contributed by atoms with Gasteiger partial charge in [0.25, 0.3) is 0 Å². The summed E-state index contributed by atoms with van der Waals surface area (Å²) < 4.78 is 38.1. The first kappa shape index (κ1) is 15.1. The second kappa shape index (κ2) is 5.79. The molecular formula is C17H13F3N2O. The second-order valence-electron chi connectivity index (χ2n) is 5.14. The van der Waals surface area contributed by atoms with Crippen molar-refractivity contribution in [3.63, 3.8) is 0 Å². The normalized spacial score (nSPS) is 11.6. The fourth-order valence-corrected chi connectivity index (χ4v) is 2.35. The van der Waals surface area contributed by atoms with Crippen molar-refractivity contribution in [2.45, 2.75) is 12.7 Å². The van der Waals surface area contributed by atoms with Crippen LogP contribution in [0.25, 0.3) is 10.9 Å². The Kier molecular flexibility index (Phi) is 3.82. The average Bonchev–Trinajstić information content (AvgIpc) is 2.52. The number of hydrogen-bond acceptors (Lipinski definition) is 2. The summed E-state index contributed by atoms with van der Waals surface area (Å²) in [6.45, 7) is 0.179. The van der Waals surface area contributed by atoms with Crippen molar-refractivity contribution >= 4 is 16.7 Å². The number of anilines is 1. The summed E-state index contributed by atoms with van der Waals surface area (Å²) in [5.41, 5.74) is 0.315. The lowest BCUT2D eigenvalue weighted by Gasteiger charge is -2.10. The topological polar surface area (TPSA) is 44.9 Å². The van der Waals surface area contributed by atoms with Gasteiger partial charge < -0.3 is 10.3 Å². The molecule has 1 heterocycles. The maximum absolute atomic E-state index is 12.7. The van der Waals surface area contributed by atoms with Crippen molar-refractivity contribution < 1.29 is 13.2 Å².